The second-order valence-corrected chi connectivity index (χ2v) is 5.70. The number of benzene rings is 1. The first kappa shape index (κ1) is 10.5. The number of rotatable bonds is 3. The third-order valence-corrected chi connectivity index (χ3v) is 4.63. The molecule has 1 aliphatic heterocycles. The molecular formula is C11H14N2OSe. The molecule has 1 aromatic rings. The van der Waals surface area contributed by atoms with Crippen molar-refractivity contribution >= 4 is 31.4 Å². The summed E-state index contributed by atoms with van der Waals surface area (Å²) in [5, 5.41) is 2.92. The van der Waals surface area contributed by atoms with Crippen molar-refractivity contribution < 1.29 is 4.79 Å². The van der Waals surface area contributed by atoms with Crippen LogP contribution in [0.25, 0.3) is 0 Å². The summed E-state index contributed by atoms with van der Waals surface area (Å²) in [5.74, 6) is 0. The van der Waals surface area contributed by atoms with E-state index in [1.807, 2.05) is 22.1 Å². The second-order valence-electron chi connectivity index (χ2n) is 3.47. The predicted octanol–water partition coefficient (Wildman–Crippen LogP) is 1.58. The van der Waals surface area contributed by atoms with Crippen LogP contribution in [-0.4, -0.2) is 31.7 Å². The van der Waals surface area contributed by atoms with Crippen molar-refractivity contribution in [3.63, 3.8) is 0 Å². The first-order chi connectivity index (χ1) is 7.31. The summed E-state index contributed by atoms with van der Waals surface area (Å²) in [4.78, 5) is 11.7. The maximum absolute atomic E-state index is 11.7. The first-order valence-electron chi connectivity index (χ1n) is 5.17. The van der Waals surface area contributed by atoms with Crippen LogP contribution in [0.1, 0.15) is 19.8 Å². The van der Waals surface area contributed by atoms with Crippen LogP contribution in [0.3, 0.4) is 0 Å². The molecule has 0 fully saturated rings. The third-order valence-electron chi connectivity index (χ3n) is 2.28. The van der Waals surface area contributed by atoms with Gasteiger partial charge in [-0.1, -0.05) is 0 Å². The summed E-state index contributed by atoms with van der Waals surface area (Å²) >= 11 is 0.147. The molecule has 80 valence electrons. The summed E-state index contributed by atoms with van der Waals surface area (Å²) in [5.41, 5.74) is 0.982. The Morgan fingerprint density at radius 3 is 3.00 bits per heavy atom. The topological polar surface area (TPSA) is 32.3 Å². The van der Waals surface area contributed by atoms with Gasteiger partial charge in [0.1, 0.15) is 0 Å². The minimum absolute atomic E-state index is 0.0575. The van der Waals surface area contributed by atoms with Crippen LogP contribution in [0.15, 0.2) is 24.3 Å². The number of unbranched alkanes of at least 4 members (excludes halogenated alkanes) is 1. The molecule has 0 aliphatic carbocycles. The van der Waals surface area contributed by atoms with Crippen molar-refractivity contribution in [2.24, 2.45) is 0 Å². The summed E-state index contributed by atoms with van der Waals surface area (Å²) < 4.78 is 3.19. The molecule has 2 rings (SSSR count). The summed E-state index contributed by atoms with van der Waals surface area (Å²) in [7, 11) is 0. The number of urea groups is 1. The molecule has 0 unspecified atom stereocenters. The van der Waals surface area contributed by atoms with E-state index in [4.69, 9.17) is 0 Å². The van der Waals surface area contributed by atoms with E-state index in [1.165, 1.54) is 4.46 Å². The number of carbonyl (C=O) groups excluding carboxylic acids is 1. The minimum atomic E-state index is 0.0575. The van der Waals surface area contributed by atoms with Gasteiger partial charge in [0, 0.05) is 0 Å². The van der Waals surface area contributed by atoms with Crippen molar-refractivity contribution in [3.8, 4) is 0 Å². The van der Waals surface area contributed by atoms with Crippen LogP contribution in [0.4, 0.5) is 10.5 Å². The number of fused-ring (bicyclic) bond motifs is 1. The van der Waals surface area contributed by atoms with Crippen LogP contribution in [0.5, 0.6) is 0 Å². The standard InChI is InChI=1S/C11H14N2OSe/c1-2-3-8-13-11(14)12-9-6-4-5-7-10(9)15-13/h4-7H,2-3,8H2,1H3,(H,12,14). The Hall–Kier alpha value is -0.991. The number of anilines is 1. The molecule has 0 radical (unpaired) electrons. The monoisotopic (exact) mass is 270 g/mol. The molecule has 1 aromatic carbocycles. The number of nitrogens with one attached hydrogen (secondary N) is 1. The maximum atomic E-state index is 11.7. The van der Waals surface area contributed by atoms with E-state index >= 15 is 0 Å². The summed E-state index contributed by atoms with van der Waals surface area (Å²) in [6.07, 6.45) is 2.21. The SMILES string of the molecule is CCCCN1[Se]c2ccccc2NC1=O. The fourth-order valence-electron chi connectivity index (χ4n) is 1.44. The molecular weight excluding hydrogens is 255 g/mol. The molecule has 4 heteroatoms. The molecule has 0 aromatic heterocycles. The van der Waals surface area contributed by atoms with E-state index in [9.17, 15) is 4.79 Å². The van der Waals surface area contributed by atoms with Crippen LogP contribution >= 0.6 is 0 Å². The van der Waals surface area contributed by atoms with E-state index in [0.717, 1.165) is 25.1 Å². The van der Waals surface area contributed by atoms with E-state index in [1.54, 1.807) is 0 Å². The zero-order valence-corrected chi connectivity index (χ0v) is 10.4. The van der Waals surface area contributed by atoms with Crippen molar-refractivity contribution in [2.75, 3.05) is 11.9 Å². The van der Waals surface area contributed by atoms with E-state index in [2.05, 4.69) is 18.3 Å². The zero-order valence-electron chi connectivity index (χ0n) is 8.69. The van der Waals surface area contributed by atoms with Crippen LogP contribution in [-0.2, 0) is 0 Å². The van der Waals surface area contributed by atoms with Gasteiger partial charge in [0.15, 0.2) is 0 Å². The molecule has 0 bridgehead atoms. The molecule has 0 spiro atoms. The molecule has 1 N–H and O–H groups in total. The molecule has 0 saturated carbocycles. The Balaban J connectivity index is 2.11. The first-order valence-corrected chi connectivity index (χ1v) is 6.79. The van der Waals surface area contributed by atoms with Crippen molar-refractivity contribution in [1.29, 1.82) is 0 Å². The quantitative estimate of drug-likeness (QED) is 0.830. The normalized spacial score (nSPS) is 14.7. The van der Waals surface area contributed by atoms with Gasteiger partial charge >= 0.3 is 96.0 Å². The number of amides is 2. The fourth-order valence-corrected chi connectivity index (χ4v) is 3.42. The number of hydrogen-bond acceptors (Lipinski definition) is 1. The Kier molecular flexibility index (Phi) is 3.29. The van der Waals surface area contributed by atoms with E-state index < -0.39 is 0 Å². The molecule has 1 aliphatic rings. The van der Waals surface area contributed by atoms with Crippen molar-refractivity contribution in [1.82, 2.24) is 3.92 Å². The van der Waals surface area contributed by atoms with Crippen molar-refractivity contribution in [2.45, 2.75) is 19.8 Å². The molecule has 1 heterocycles. The molecule has 0 atom stereocenters. The van der Waals surface area contributed by atoms with Crippen LogP contribution in [0, 0.1) is 0 Å². The summed E-state index contributed by atoms with van der Waals surface area (Å²) in [6, 6.07) is 8.09. The fraction of sp³-hybridized carbons (Fsp3) is 0.364. The molecule has 15 heavy (non-hydrogen) atoms. The van der Waals surface area contributed by atoms with Crippen LogP contribution in [0.2, 0.25) is 0 Å². The molecule has 3 nitrogen and oxygen atoms in total. The Labute approximate surface area is 96.2 Å². The number of carbonyl (C=O) groups is 1. The van der Waals surface area contributed by atoms with Gasteiger partial charge < -0.3 is 0 Å². The predicted molar refractivity (Wildman–Crippen MR) is 62.5 cm³/mol. The number of para-hydroxylation sites is 1. The molecule has 2 amide bonds. The van der Waals surface area contributed by atoms with Gasteiger partial charge in [0.25, 0.3) is 0 Å². The van der Waals surface area contributed by atoms with Gasteiger partial charge in [-0.2, -0.15) is 0 Å². The average Bonchev–Trinajstić information content (AvgIpc) is 2.26. The van der Waals surface area contributed by atoms with Crippen molar-refractivity contribution in [3.05, 3.63) is 24.3 Å². The van der Waals surface area contributed by atoms with E-state index in [-0.39, 0.29) is 21.2 Å². The molecule has 0 saturated heterocycles. The van der Waals surface area contributed by atoms with Gasteiger partial charge in [0.2, 0.25) is 0 Å². The van der Waals surface area contributed by atoms with Gasteiger partial charge in [-0.25, -0.2) is 0 Å². The average molecular weight is 269 g/mol. The number of hydrogen-bond donors (Lipinski definition) is 1. The van der Waals surface area contributed by atoms with Gasteiger partial charge in [-0.3, -0.25) is 0 Å². The second kappa shape index (κ2) is 4.69. The Morgan fingerprint density at radius 2 is 2.20 bits per heavy atom. The van der Waals surface area contributed by atoms with Gasteiger partial charge in [-0.15, -0.1) is 0 Å². The Bertz CT molecular complexity index is 367. The van der Waals surface area contributed by atoms with Gasteiger partial charge in [-0.05, 0) is 0 Å². The summed E-state index contributed by atoms with van der Waals surface area (Å²) in [6.45, 7) is 3.01. The zero-order chi connectivity index (χ0) is 10.7. The van der Waals surface area contributed by atoms with Crippen LogP contribution < -0.4 is 9.78 Å². The number of nitrogens with zero attached hydrogens (tertiary/aromatic N) is 1. The third kappa shape index (κ3) is 2.33. The Morgan fingerprint density at radius 1 is 1.40 bits per heavy atom. The van der Waals surface area contributed by atoms with Gasteiger partial charge in [0.05, 0.1) is 0 Å². The van der Waals surface area contributed by atoms with E-state index in [0.29, 0.717) is 0 Å².